The molecule has 2 N–H and O–H groups in total. The van der Waals surface area contributed by atoms with Crippen LogP contribution in [0.4, 0.5) is 8.78 Å². The fourth-order valence-electron chi connectivity index (χ4n) is 6.48. The van der Waals surface area contributed by atoms with Gasteiger partial charge in [0, 0.05) is 41.9 Å². The molecule has 0 amide bonds. The zero-order valence-electron chi connectivity index (χ0n) is 22.7. The van der Waals surface area contributed by atoms with Crippen molar-refractivity contribution in [1.29, 1.82) is 0 Å². The molecule has 10 heteroatoms. The third-order valence-corrected chi connectivity index (χ3v) is 8.68. The fraction of sp³-hybridized carbons (Fsp3) is 0.452. The van der Waals surface area contributed by atoms with Gasteiger partial charge in [0.05, 0.1) is 23.3 Å². The van der Waals surface area contributed by atoms with Crippen molar-refractivity contribution in [2.24, 2.45) is 20.9 Å². The van der Waals surface area contributed by atoms with Crippen molar-refractivity contribution in [1.82, 2.24) is 10.2 Å². The minimum Gasteiger partial charge on any atom is -0.508 e. The van der Waals surface area contributed by atoms with Crippen LogP contribution in [-0.4, -0.2) is 78.1 Å². The number of aromatic hydroxyl groups is 1. The zero-order valence-corrected chi connectivity index (χ0v) is 22.7. The van der Waals surface area contributed by atoms with Gasteiger partial charge < -0.3 is 19.9 Å². The van der Waals surface area contributed by atoms with E-state index < -0.39 is 23.7 Å². The molecule has 1 aliphatic carbocycles. The molecule has 2 saturated heterocycles. The lowest BCUT2D eigenvalue weighted by atomic mass is 9.90. The largest absolute Gasteiger partial charge is 0.508 e. The monoisotopic (exact) mass is 559 g/mol. The number of ether oxygens (including phenoxy) is 2. The van der Waals surface area contributed by atoms with Gasteiger partial charge in [-0.2, -0.15) is 4.99 Å². The molecular formula is C31H31F2N5O3. The molecule has 2 aromatic carbocycles. The molecule has 0 spiro atoms. The molecule has 5 aliphatic rings. The number of rotatable bonds is 4. The van der Waals surface area contributed by atoms with Crippen molar-refractivity contribution in [2.75, 3.05) is 26.3 Å². The Labute approximate surface area is 236 Å². The number of fused-ring (bicyclic) bond motifs is 3. The maximum absolute atomic E-state index is 16.6. The third-order valence-electron chi connectivity index (χ3n) is 8.68. The van der Waals surface area contributed by atoms with Gasteiger partial charge in [-0.15, -0.1) is 6.42 Å². The molecule has 2 aromatic rings. The van der Waals surface area contributed by atoms with Crippen molar-refractivity contribution >= 4 is 34.4 Å². The highest BCUT2D eigenvalue weighted by Gasteiger charge is 2.50. The van der Waals surface area contributed by atoms with E-state index in [1.54, 1.807) is 6.21 Å². The summed E-state index contributed by atoms with van der Waals surface area (Å²) in [5.74, 6) is 0.417. The van der Waals surface area contributed by atoms with Crippen molar-refractivity contribution < 1.29 is 23.4 Å². The Kier molecular flexibility index (Phi) is 6.41. The Morgan fingerprint density at radius 3 is 2.98 bits per heavy atom. The van der Waals surface area contributed by atoms with Crippen LogP contribution in [0.3, 0.4) is 0 Å². The standard InChI is InChI=1S/C31H31F2N5O3/c1-3-19-22(32)7-6-17-12-18(39)13-20(25(17)19)27-26(33)28-21(15-34-27)29(38-10-5-11-40-24-14-23(24)38)37-30(36-28)41-16-31(2)8-4-9-35-31/h1,6-7,12-13,15,21,23-24,29,35,39H,4-5,8-11,14,16H2,2H3/t21?,23-,24+,29?,31+/m0/s1. The van der Waals surface area contributed by atoms with E-state index in [-0.39, 0.29) is 52.0 Å². The van der Waals surface area contributed by atoms with Gasteiger partial charge in [0.15, 0.2) is 5.83 Å². The molecule has 4 aliphatic heterocycles. The van der Waals surface area contributed by atoms with Gasteiger partial charge in [-0.3, -0.25) is 9.89 Å². The van der Waals surface area contributed by atoms with Crippen LogP contribution in [0.5, 0.6) is 5.75 Å². The van der Waals surface area contributed by atoms with Gasteiger partial charge in [-0.1, -0.05) is 12.0 Å². The number of phenols is 1. The average Bonchev–Trinajstić information content (AvgIpc) is 3.64. The van der Waals surface area contributed by atoms with Crippen molar-refractivity contribution in [3.05, 3.63) is 47.0 Å². The van der Waals surface area contributed by atoms with Crippen LogP contribution < -0.4 is 5.32 Å². The lowest BCUT2D eigenvalue weighted by Gasteiger charge is -2.36. The van der Waals surface area contributed by atoms with E-state index in [0.29, 0.717) is 24.0 Å². The number of nitrogens with one attached hydrogen (secondary N) is 1. The number of amidine groups is 1. The second kappa shape index (κ2) is 10.0. The molecule has 0 radical (unpaired) electrons. The number of phenolic OH excluding ortho intramolecular Hbond substituents is 1. The first kappa shape index (κ1) is 26.3. The summed E-state index contributed by atoms with van der Waals surface area (Å²) in [6, 6.07) is 5.87. The minimum absolute atomic E-state index is 0.0224. The fourth-order valence-corrected chi connectivity index (χ4v) is 6.48. The van der Waals surface area contributed by atoms with E-state index in [4.69, 9.17) is 20.9 Å². The first-order valence-corrected chi connectivity index (χ1v) is 14.1. The quantitative estimate of drug-likeness (QED) is 0.549. The van der Waals surface area contributed by atoms with Crippen molar-refractivity contribution in [3.8, 4) is 18.1 Å². The topological polar surface area (TPSA) is 91.0 Å². The Morgan fingerprint density at radius 2 is 2.17 bits per heavy atom. The van der Waals surface area contributed by atoms with Crippen LogP contribution in [0.15, 0.2) is 45.1 Å². The highest BCUT2D eigenvalue weighted by Crippen LogP contribution is 2.42. The summed E-state index contributed by atoms with van der Waals surface area (Å²) >= 11 is 0. The predicted octanol–water partition coefficient (Wildman–Crippen LogP) is 4.16. The van der Waals surface area contributed by atoms with E-state index in [1.165, 1.54) is 24.3 Å². The number of hydrogen-bond donors (Lipinski definition) is 2. The summed E-state index contributed by atoms with van der Waals surface area (Å²) in [4.78, 5) is 16.3. The lowest BCUT2D eigenvalue weighted by molar-refractivity contribution is 0.116. The van der Waals surface area contributed by atoms with Crippen molar-refractivity contribution in [2.45, 2.75) is 56.5 Å². The summed E-state index contributed by atoms with van der Waals surface area (Å²) in [6.07, 6.45) is 10.7. The summed E-state index contributed by atoms with van der Waals surface area (Å²) < 4.78 is 43.4. The molecule has 4 heterocycles. The molecule has 3 fully saturated rings. The number of nitrogens with zero attached hydrogens (tertiary/aromatic N) is 4. The molecule has 41 heavy (non-hydrogen) atoms. The highest BCUT2D eigenvalue weighted by molar-refractivity contribution is 6.20. The summed E-state index contributed by atoms with van der Waals surface area (Å²) in [5, 5.41) is 14.7. The Hall–Kier alpha value is -3.65. The lowest BCUT2D eigenvalue weighted by Crippen LogP contribution is -2.49. The molecule has 7 rings (SSSR count). The maximum atomic E-state index is 16.6. The highest BCUT2D eigenvalue weighted by atomic mass is 19.1. The predicted molar refractivity (Wildman–Crippen MR) is 153 cm³/mol. The van der Waals surface area contributed by atoms with Gasteiger partial charge in [0.2, 0.25) is 0 Å². The van der Waals surface area contributed by atoms with Crippen LogP contribution in [-0.2, 0) is 9.47 Å². The number of hydrogen-bond acceptors (Lipinski definition) is 8. The number of aliphatic imine (C=N–C) groups is 3. The molecule has 1 saturated carbocycles. The van der Waals surface area contributed by atoms with Gasteiger partial charge in [0.1, 0.15) is 30.0 Å². The van der Waals surface area contributed by atoms with Gasteiger partial charge in [0.25, 0.3) is 0 Å². The third kappa shape index (κ3) is 4.62. The number of allylic oxidation sites excluding steroid dienone is 1. The first-order valence-electron chi connectivity index (χ1n) is 14.1. The Balaban J connectivity index is 1.32. The smallest absolute Gasteiger partial charge is 0.313 e. The SMILES string of the molecule is C#Cc1c(F)ccc2cc(O)cc(C3=C(F)C4=NC(OC[C@@]5(C)CCCN5)=NC(N5CCCO[C@@H]6C[C@@H]65)C4C=N3)c12. The molecule has 8 nitrogen and oxygen atoms in total. The van der Waals surface area contributed by atoms with E-state index in [9.17, 15) is 9.50 Å². The van der Waals surface area contributed by atoms with Gasteiger partial charge in [-0.25, -0.2) is 13.8 Å². The van der Waals surface area contributed by atoms with Gasteiger partial charge in [-0.05, 0) is 62.7 Å². The molecule has 5 atom stereocenters. The first-order chi connectivity index (χ1) is 19.8. The summed E-state index contributed by atoms with van der Waals surface area (Å²) in [7, 11) is 0. The number of halogens is 2. The summed E-state index contributed by atoms with van der Waals surface area (Å²) in [5.41, 5.74) is 0.0300. The zero-order chi connectivity index (χ0) is 28.3. The van der Waals surface area contributed by atoms with Crippen LogP contribution >= 0.6 is 0 Å². The van der Waals surface area contributed by atoms with E-state index in [1.807, 2.05) is 0 Å². The van der Waals surface area contributed by atoms with Crippen LogP contribution in [0.25, 0.3) is 16.5 Å². The van der Waals surface area contributed by atoms with Crippen LogP contribution in [0, 0.1) is 24.1 Å². The molecule has 2 unspecified atom stereocenters. The van der Waals surface area contributed by atoms with Crippen LogP contribution in [0.1, 0.15) is 43.7 Å². The normalized spacial score (nSPS) is 31.2. The second-order valence-electron chi connectivity index (χ2n) is 11.6. The number of terminal acetylenes is 1. The van der Waals surface area contributed by atoms with E-state index in [0.717, 1.165) is 38.8 Å². The molecule has 0 bridgehead atoms. The average molecular weight is 560 g/mol. The van der Waals surface area contributed by atoms with E-state index >= 15 is 4.39 Å². The van der Waals surface area contributed by atoms with Crippen molar-refractivity contribution in [3.63, 3.8) is 0 Å². The Morgan fingerprint density at radius 1 is 1.29 bits per heavy atom. The Bertz CT molecular complexity index is 1590. The summed E-state index contributed by atoms with van der Waals surface area (Å²) in [6.45, 7) is 4.79. The molecular weight excluding hydrogens is 528 g/mol. The second-order valence-corrected chi connectivity index (χ2v) is 11.6. The van der Waals surface area contributed by atoms with Crippen LogP contribution in [0.2, 0.25) is 0 Å². The molecule has 212 valence electrons. The number of benzene rings is 2. The molecule has 0 aromatic heterocycles. The van der Waals surface area contributed by atoms with E-state index in [2.05, 4.69) is 33.0 Å². The van der Waals surface area contributed by atoms with Gasteiger partial charge >= 0.3 is 6.02 Å². The maximum Gasteiger partial charge on any atom is 0.313 e. The minimum atomic E-state index is -0.679.